The van der Waals surface area contributed by atoms with Crippen molar-refractivity contribution in [2.24, 2.45) is 18.7 Å². The molecule has 0 aromatic carbocycles. The summed E-state index contributed by atoms with van der Waals surface area (Å²) in [5, 5.41) is 0. The van der Waals surface area contributed by atoms with E-state index in [1.54, 1.807) is 0 Å². The second-order valence-corrected chi connectivity index (χ2v) is 4.89. The van der Waals surface area contributed by atoms with Crippen LogP contribution >= 0.6 is 0 Å². The molecule has 1 heterocycles. The Morgan fingerprint density at radius 1 is 1.47 bits per heavy atom. The molecule has 1 aromatic rings. The second kappa shape index (κ2) is 6.17. The van der Waals surface area contributed by atoms with Crippen molar-refractivity contribution in [3.8, 4) is 0 Å². The molecule has 17 heavy (non-hydrogen) atoms. The lowest BCUT2D eigenvalue weighted by Crippen LogP contribution is -2.33. The van der Waals surface area contributed by atoms with Crippen LogP contribution in [0.1, 0.15) is 31.5 Å². The summed E-state index contributed by atoms with van der Waals surface area (Å²) in [7, 11) is 2.02. The van der Waals surface area contributed by atoms with E-state index in [4.69, 9.17) is 10.5 Å². The maximum Gasteiger partial charge on any atom is 0.110 e. The van der Waals surface area contributed by atoms with Gasteiger partial charge >= 0.3 is 0 Å². The quantitative estimate of drug-likeness (QED) is 0.844. The average molecular weight is 237 g/mol. The minimum Gasteiger partial charge on any atom is -0.377 e. The highest BCUT2D eigenvalue weighted by Crippen LogP contribution is 2.26. The van der Waals surface area contributed by atoms with Crippen LogP contribution in [-0.4, -0.2) is 28.8 Å². The Kier molecular flexibility index (Phi) is 4.57. The van der Waals surface area contributed by atoms with Crippen LogP contribution in [0, 0.1) is 5.92 Å². The Bertz CT molecular complexity index is 337. The standard InChI is InChI=1S/C13H23N3O/c1-16-8-7-15-13(16)6-9-17-12-5-3-2-4-11(12)10-14/h7-8,11-12H,2-6,9-10,14H2,1H3. The molecule has 1 fully saturated rings. The summed E-state index contributed by atoms with van der Waals surface area (Å²) in [6.45, 7) is 1.51. The van der Waals surface area contributed by atoms with Gasteiger partial charge in [0, 0.05) is 25.9 Å². The van der Waals surface area contributed by atoms with Gasteiger partial charge in [-0.2, -0.15) is 0 Å². The molecule has 2 N–H and O–H groups in total. The highest BCUT2D eigenvalue weighted by Gasteiger charge is 2.24. The molecule has 0 spiro atoms. The molecule has 1 saturated carbocycles. The first-order chi connectivity index (χ1) is 8.31. The first-order valence-corrected chi connectivity index (χ1v) is 6.59. The van der Waals surface area contributed by atoms with Crippen LogP contribution in [0.25, 0.3) is 0 Å². The van der Waals surface area contributed by atoms with Crippen LogP contribution in [0.4, 0.5) is 0 Å². The van der Waals surface area contributed by atoms with Gasteiger partial charge in [0.25, 0.3) is 0 Å². The van der Waals surface area contributed by atoms with Gasteiger partial charge in [-0.05, 0) is 25.3 Å². The van der Waals surface area contributed by atoms with Crippen molar-refractivity contribution in [3.05, 3.63) is 18.2 Å². The van der Waals surface area contributed by atoms with Gasteiger partial charge < -0.3 is 15.0 Å². The third-order valence-corrected chi connectivity index (χ3v) is 3.72. The van der Waals surface area contributed by atoms with Crippen molar-refractivity contribution in [1.82, 2.24) is 9.55 Å². The average Bonchev–Trinajstić information content (AvgIpc) is 2.76. The van der Waals surface area contributed by atoms with Crippen molar-refractivity contribution in [3.63, 3.8) is 0 Å². The Labute approximate surface area is 103 Å². The molecule has 0 bridgehead atoms. The van der Waals surface area contributed by atoms with Crippen molar-refractivity contribution in [1.29, 1.82) is 0 Å². The normalized spacial score (nSPS) is 25.1. The summed E-state index contributed by atoms with van der Waals surface area (Å²) < 4.78 is 8.03. The van der Waals surface area contributed by atoms with Crippen molar-refractivity contribution >= 4 is 0 Å². The first kappa shape index (κ1) is 12.6. The predicted octanol–water partition coefficient (Wildman–Crippen LogP) is 1.50. The van der Waals surface area contributed by atoms with Gasteiger partial charge in [0.2, 0.25) is 0 Å². The van der Waals surface area contributed by atoms with E-state index in [9.17, 15) is 0 Å². The Morgan fingerprint density at radius 3 is 3.00 bits per heavy atom. The minimum atomic E-state index is 0.369. The third kappa shape index (κ3) is 3.30. The van der Waals surface area contributed by atoms with Crippen LogP contribution < -0.4 is 5.73 Å². The zero-order chi connectivity index (χ0) is 12.1. The highest BCUT2D eigenvalue weighted by molar-refractivity contribution is 4.91. The topological polar surface area (TPSA) is 53.1 Å². The van der Waals surface area contributed by atoms with Crippen LogP contribution in [0.5, 0.6) is 0 Å². The third-order valence-electron chi connectivity index (χ3n) is 3.72. The van der Waals surface area contributed by atoms with E-state index in [2.05, 4.69) is 4.98 Å². The molecule has 0 amide bonds. The summed E-state index contributed by atoms with van der Waals surface area (Å²) in [6.07, 6.45) is 10.0. The molecular weight excluding hydrogens is 214 g/mol. The number of rotatable bonds is 5. The van der Waals surface area contributed by atoms with Crippen molar-refractivity contribution < 1.29 is 4.74 Å². The lowest BCUT2D eigenvalue weighted by molar-refractivity contribution is -0.00700. The van der Waals surface area contributed by atoms with E-state index < -0.39 is 0 Å². The summed E-state index contributed by atoms with van der Waals surface area (Å²) in [5.74, 6) is 1.65. The molecule has 0 radical (unpaired) electrons. The minimum absolute atomic E-state index is 0.369. The highest BCUT2D eigenvalue weighted by atomic mass is 16.5. The monoisotopic (exact) mass is 237 g/mol. The van der Waals surface area contributed by atoms with E-state index >= 15 is 0 Å². The number of hydrogen-bond donors (Lipinski definition) is 1. The Balaban J connectivity index is 1.75. The van der Waals surface area contributed by atoms with E-state index in [1.807, 2.05) is 24.0 Å². The number of ether oxygens (including phenoxy) is 1. The molecule has 4 nitrogen and oxygen atoms in total. The number of imidazole rings is 1. The Hall–Kier alpha value is -0.870. The number of aryl methyl sites for hydroxylation is 1. The summed E-state index contributed by atoms with van der Waals surface area (Å²) >= 11 is 0. The number of hydrogen-bond acceptors (Lipinski definition) is 3. The zero-order valence-electron chi connectivity index (χ0n) is 10.6. The van der Waals surface area contributed by atoms with E-state index in [0.29, 0.717) is 12.0 Å². The van der Waals surface area contributed by atoms with E-state index in [-0.39, 0.29) is 0 Å². The van der Waals surface area contributed by atoms with Crippen LogP contribution in [0.3, 0.4) is 0 Å². The Morgan fingerprint density at radius 2 is 2.29 bits per heavy atom. The largest absolute Gasteiger partial charge is 0.377 e. The van der Waals surface area contributed by atoms with Gasteiger partial charge in [-0.3, -0.25) is 0 Å². The molecular formula is C13H23N3O. The maximum absolute atomic E-state index is 5.98. The molecule has 2 atom stereocenters. The molecule has 2 rings (SSSR count). The first-order valence-electron chi connectivity index (χ1n) is 6.59. The zero-order valence-corrected chi connectivity index (χ0v) is 10.6. The van der Waals surface area contributed by atoms with Crippen molar-refractivity contribution in [2.75, 3.05) is 13.2 Å². The van der Waals surface area contributed by atoms with Crippen LogP contribution in [-0.2, 0) is 18.2 Å². The lowest BCUT2D eigenvalue weighted by Gasteiger charge is -2.30. The van der Waals surface area contributed by atoms with Gasteiger partial charge in [0.1, 0.15) is 5.82 Å². The fraction of sp³-hybridized carbons (Fsp3) is 0.769. The van der Waals surface area contributed by atoms with Gasteiger partial charge in [0.15, 0.2) is 0 Å². The van der Waals surface area contributed by atoms with Gasteiger partial charge in [0.05, 0.1) is 12.7 Å². The maximum atomic E-state index is 5.98. The molecule has 2 unspecified atom stereocenters. The summed E-state index contributed by atoms with van der Waals surface area (Å²) in [5.41, 5.74) is 5.79. The van der Waals surface area contributed by atoms with Crippen LogP contribution in [0.2, 0.25) is 0 Å². The lowest BCUT2D eigenvalue weighted by atomic mass is 9.86. The molecule has 1 aliphatic rings. The molecule has 1 aromatic heterocycles. The number of aromatic nitrogens is 2. The van der Waals surface area contributed by atoms with Crippen LogP contribution in [0.15, 0.2) is 12.4 Å². The molecule has 0 saturated heterocycles. The number of nitrogens with two attached hydrogens (primary N) is 1. The second-order valence-electron chi connectivity index (χ2n) is 4.89. The summed E-state index contributed by atoms with van der Waals surface area (Å²) in [6, 6.07) is 0. The number of nitrogens with zero attached hydrogens (tertiary/aromatic N) is 2. The van der Waals surface area contributed by atoms with Crippen molar-refractivity contribution in [2.45, 2.75) is 38.2 Å². The predicted molar refractivity (Wildman–Crippen MR) is 67.7 cm³/mol. The SMILES string of the molecule is Cn1ccnc1CCOC1CCCCC1CN. The molecule has 4 heteroatoms. The molecule has 0 aliphatic heterocycles. The van der Waals surface area contributed by atoms with Gasteiger partial charge in [-0.25, -0.2) is 4.98 Å². The molecule has 96 valence electrons. The van der Waals surface area contributed by atoms with E-state index in [0.717, 1.165) is 25.4 Å². The van der Waals surface area contributed by atoms with Gasteiger partial charge in [-0.1, -0.05) is 12.8 Å². The fourth-order valence-electron chi connectivity index (χ4n) is 2.60. The fourth-order valence-corrected chi connectivity index (χ4v) is 2.60. The molecule has 1 aliphatic carbocycles. The summed E-state index contributed by atoms with van der Waals surface area (Å²) in [4.78, 5) is 4.30. The smallest absolute Gasteiger partial charge is 0.110 e. The van der Waals surface area contributed by atoms with Gasteiger partial charge in [-0.15, -0.1) is 0 Å². The van der Waals surface area contributed by atoms with E-state index in [1.165, 1.54) is 25.7 Å².